The highest BCUT2D eigenvalue weighted by atomic mass is 15.3. The Bertz CT molecular complexity index is 2500. The van der Waals surface area contributed by atoms with Crippen LogP contribution in [0, 0.1) is 0 Å². The standard InChI is InChI=1S/C47H35N5/c1-3-11-32(12-4-1)33-19-21-34(22-20-33)40-27-28-41(44-42(40)17-10-30-49-44)35-23-25-37(26-24-35)46-50-45(36-13-5-2-6-14-36)51-47(52-46)39-16-9-15-38(31-39)43-18-7-8-29-48-43/h1-31,45-46,50H,(H,51,52). The normalized spacial score (nSPS) is 15.5. The molecule has 2 unspecified atom stereocenters. The number of benzene rings is 6. The van der Waals surface area contributed by atoms with E-state index in [2.05, 4.69) is 155 Å². The maximum absolute atomic E-state index is 5.15. The molecule has 0 radical (unpaired) electrons. The van der Waals surface area contributed by atoms with Crippen molar-refractivity contribution >= 4 is 16.7 Å². The third-order valence-corrected chi connectivity index (χ3v) is 9.70. The SMILES string of the molecule is c1ccc(-c2ccc(-c3ccc(-c4ccc(C5NC(c6cccc(-c7ccccn7)c6)=NC(c6ccccc6)N5)cc4)c4ncccc34)cc2)cc1. The van der Waals surface area contributed by atoms with Gasteiger partial charge in [0.05, 0.1) is 11.2 Å². The average Bonchev–Trinajstić information content (AvgIpc) is 3.24. The summed E-state index contributed by atoms with van der Waals surface area (Å²) in [5, 5.41) is 8.57. The zero-order chi connectivity index (χ0) is 34.7. The van der Waals surface area contributed by atoms with Crippen LogP contribution in [0.25, 0.3) is 55.5 Å². The van der Waals surface area contributed by atoms with Crippen molar-refractivity contribution in [2.24, 2.45) is 4.99 Å². The molecule has 0 spiro atoms. The van der Waals surface area contributed by atoms with E-state index in [0.717, 1.165) is 55.8 Å². The number of rotatable bonds is 7. The van der Waals surface area contributed by atoms with Crippen LogP contribution in [0.15, 0.2) is 193 Å². The first kappa shape index (κ1) is 31.3. The molecule has 6 aromatic carbocycles. The van der Waals surface area contributed by atoms with E-state index in [4.69, 9.17) is 9.98 Å². The summed E-state index contributed by atoms with van der Waals surface area (Å²) >= 11 is 0. The van der Waals surface area contributed by atoms with Crippen LogP contribution in [0.4, 0.5) is 0 Å². The zero-order valence-electron chi connectivity index (χ0n) is 28.4. The van der Waals surface area contributed by atoms with E-state index in [1.165, 1.54) is 22.3 Å². The van der Waals surface area contributed by atoms with Gasteiger partial charge in [0.2, 0.25) is 0 Å². The molecule has 1 aliphatic heterocycles. The molecule has 2 aromatic heterocycles. The van der Waals surface area contributed by atoms with Gasteiger partial charge >= 0.3 is 0 Å². The number of nitrogens with one attached hydrogen (secondary N) is 2. The molecule has 0 fully saturated rings. The summed E-state index contributed by atoms with van der Waals surface area (Å²) < 4.78 is 0. The molecule has 9 rings (SSSR count). The van der Waals surface area contributed by atoms with E-state index in [-0.39, 0.29) is 12.3 Å². The van der Waals surface area contributed by atoms with E-state index in [0.29, 0.717) is 0 Å². The highest BCUT2D eigenvalue weighted by Crippen LogP contribution is 2.36. The van der Waals surface area contributed by atoms with E-state index in [9.17, 15) is 0 Å². The fourth-order valence-electron chi connectivity index (χ4n) is 7.03. The van der Waals surface area contributed by atoms with Gasteiger partial charge in [-0.3, -0.25) is 15.3 Å². The van der Waals surface area contributed by atoms with Gasteiger partial charge < -0.3 is 5.32 Å². The molecule has 52 heavy (non-hydrogen) atoms. The second-order valence-electron chi connectivity index (χ2n) is 13.0. The topological polar surface area (TPSA) is 62.2 Å². The van der Waals surface area contributed by atoms with Crippen LogP contribution in [-0.2, 0) is 0 Å². The Kier molecular flexibility index (Phi) is 8.37. The lowest BCUT2D eigenvalue weighted by Crippen LogP contribution is -2.44. The van der Waals surface area contributed by atoms with Crippen LogP contribution < -0.4 is 10.6 Å². The van der Waals surface area contributed by atoms with Gasteiger partial charge in [-0.05, 0) is 63.2 Å². The van der Waals surface area contributed by atoms with Crippen molar-refractivity contribution in [3.63, 3.8) is 0 Å². The number of hydrogen-bond acceptors (Lipinski definition) is 5. The largest absolute Gasteiger partial charge is 0.350 e. The molecule has 2 N–H and O–H groups in total. The Labute approximate surface area is 303 Å². The second kappa shape index (κ2) is 13.9. The maximum atomic E-state index is 5.15. The number of pyridine rings is 2. The number of aliphatic imine (C=N–C) groups is 1. The summed E-state index contributed by atoms with van der Waals surface area (Å²) in [6, 6.07) is 61.5. The fourth-order valence-corrected chi connectivity index (χ4v) is 7.03. The van der Waals surface area contributed by atoms with Crippen LogP contribution in [-0.4, -0.2) is 15.8 Å². The molecule has 2 atom stereocenters. The Morgan fingerprint density at radius 1 is 0.423 bits per heavy atom. The molecule has 0 saturated carbocycles. The molecule has 0 aliphatic carbocycles. The van der Waals surface area contributed by atoms with Gasteiger partial charge in [0.1, 0.15) is 18.2 Å². The molecule has 5 heteroatoms. The summed E-state index contributed by atoms with van der Waals surface area (Å²) in [5.41, 5.74) is 13.2. The van der Waals surface area contributed by atoms with Crippen molar-refractivity contribution in [1.82, 2.24) is 20.6 Å². The number of hydrogen-bond donors (Lipinski definition) is 2. The number of aromatic nitrogens is 2. The minimum Gasteiger partial charge on any atom is -0.350 e. The molecule has 248 valence electrons. The Balaban J connectivity index is 1.02. The molecular weight excluding hydrogens is 635 g/mol. The molecule has 3 heterocycles. The quantitative estimate of drug-likeness (QED) is 0.177. The van der Waals surface area contributed by atoms with E-state index >= 15 is 0 Å². The molecule has 1 aliphatic rings. The van der Waals surface area contributed by atoms with Crippen molar-refractivity contribution < 1.29 is 0 Å². The smallest absolute Gasteiger partial charge is 0.131 e. The van der Waals surface area contributed by atoms with Crippen molar-refractivity contribution in [2.45, 2.75) is 12.3 Å². The zero-order valence-corrected chi connectivity index (χ0v) is 28.4. The van der Waals surface area contributed by atoms with Gasteiger partial charge in [0.15, 0.2) is 0 Å². The first-order valence-corrected chi connectivity index (χ1v) is 17.6. The third kappa shape index (κ3) is 6.26. The van der Waals surface area contributed by atoms with Crippen LogP contribution in [0.5, 0.6) is 0 Å². The lowest BCUT2D eigenvalue weighted by atomic mass is 9.93. The average molecular weight is 670 g/mol. The van der Waals surface area contributed by atoms with Gasteiger partial charge in [-0.15, -0.1) is 0 Å². The second-order valence-corrected chi connectivity index (χ2v) is 13.0. The summed E-state index contributed by atoms with van der Waals surface area (Å²) in [7, 11) is 0. The monoisotopic (exact) mass is 669 g/mol. The van der Waals surface area contributed by atoms with Crippen LogP contribution in [0.2, 0.25) is 0 Å². The van der Waals surface area contributed by atoms with Crippen molar-refractivity contribution in [3.05, 3.63) is 205 Å². The van der Waals surface area contributed by atoms with E-state index in [1.807, 2.05) is 48.8 Å². The van der Waals surface area contributed by atoms with Crippen molar-refractivity contribution in [1.29, 1.82) is 0 Å². The molecular formula is C47H35N5. The molecule has 0 saturated heterocycles. The van der Waals surface area contributed by atoms with E-state index < -0.39 is 0 Å². The number of amidine groups is 1. The van der Waals surface area contributed by atoms with E-state index in [1.54, 1.807) is 0 Å². The first-order valence-electron chi connectivity index (χ1n) is 17.6. The molecule has 0 amide bonds. The highest BCUT2D eigenvalue weighted by Gasteiger charge is 2.26. The fraction of sp³-hybridized carbons (Fsp3) is 0.0426. The van der Waals surface area contributed by atoms with Crippen molar-refractivity contribution in [2.75, 3.05) is 0 Å². The van der Waals surface area contributed by atoms with Crippen molar-refractivity contribution in [3.8, 4) is 44.6 Å². The Morgan fingerprint density at radius 3 is 1.85 bits per heavy atom. The Hall–Kier alpha value is -6.69. The summed E-state index contributed by atoms with van der Waals surface area (Å²) in [6.07, 6.45) is 3.32. The van der Waals surface area contributed by atoms with Crippen LogP contribution in [0.1, 0.15) is 29.0 Å². The highest BCUT2D eigenvalue weighted by molar-refractivity contribution is 6.03. The van der Waals surface area contributed by atoms with Gasteiger partial charge in [-0.2, -0.15) is 0 Å². The molecule has 0 bridgehead atoms. The van der Waals surface area contributed by atoms with Gasteiger partial charge in [-0.25, -0.2) is 4.99 Å². The predicted octanol–water partition coefficient (Wildman–Crippen LogP) is 10.6. The Morgan fingerprint density at radius 2 is 1.06 bits per heavy atom. The number of nitrogens with zero attached hydrogens (tertiary/aromatic N) is 3. The summed E-state index contributed by atoms with van der Waals surface area (Å²) in [5.74, 6) is 0.835. The first-order chi connectivity index (χ1) is 25.8. The number of fused-ring (bicyclic) bond motifs is 1. The van der Waals surface area contributed by atoms with Crippen LogP contribution in [0.3, 0.4) is 0 Å². The third-order valence-electron chi connectivity index (χ3n) is 9.70. The van der Waals surface area contributed by atoms with Gasteiger partial charge in [0.25, 0.3) is 0 Å². The lowest BCUT2D eigenvalue weighted by molar-refractivity contribution is 0.409. The molecule has 5 nitrogen and oxygen atoms in total. The summed E-state index contributed by atoms with van der Waals surface area (Å²) in [6.45, 7) is 0. The minimum atomic E-state index is -0.219. The van der Waals surface area contributed by atoms with Gasteiger partial charge in [0, 0.05) is 34.5 Å². The van der Waals surface area contributed by atoms with Crippen LogP contribution >= 0.6 is 0 Å². The predicted molar refractivity (Wildman–Crippen MR) is 212 cm³/mol. The van der Waals surface area contributed by atoms with Gasteiger partial charge in [-0.1, -0.05) is 152 Å². The summed E-state index contributed by atoms with van der Waals surface area (Å²) in [4.78, 5) is 14.6. The lowest BCUT2D eigenvalue weighted by Gasteiger charge is -2.32. The molecule has 8 aromatic rings. The maximum Gasteiger partial charge on any atom is 0.131 e. The minimum absolute atomic E-state index is 0.165.